The molecule has 0 saturated heterocycles. The van der Waals surface area contributed by atoms with Crippen LogP contribution in [0.15, 0.2) is 112 Å². The number of nitrogens with zero attached hydrogens (tertiary/aromatic N) is 2. The van der Waals surface area contributed by atoms with E-state index in [1.54, 1.807) is 36.4 Å². The average Bonchev–Trinajstić information content (AvgIpc) is 3.05. The number of methoxy groups -OCH3 is 1. The summed E-state index contributed by atoms with van der Waals surface area (Å²) in [5, 5.41) is 2.96. The third-order valence-electron chi connectivity index (χ3n) is 7.33. The summed E-state index contributed by atoms with van der Waals surface area (Å²) in [7, 11) is -2.65. The van der Waals surface area contributed by atoms with Crippen LogP contribution in [0.25, 0.3) is 0 Å². The van der Waals surface area contributed by atoms with Gasteiger partial charge in [0.15, 0.2) is 0 Å². The van der Waals surface area contributed by atoms with Gasteiger partial charge < -0.3 is 15.0 Å². The van der Waals surface area contributed by atoms with Gasteiger partial charge in [-0.2, -0.15) is 0 Å². The molecule has 4 rings (SSSR count). The number of benzene rings is 4. The van der Waals surface area contributed by atoms with Crippen molar-refractivity contribution in [1.29, 1.82) is 0 Å². The van der Waals surface area contributed by atoms with Crippen LogP contribution in [0.2, 0.25) is 0 Å². The number of carbonyl (C=O) groups is 2. The van der Waals surface area contributed by atoms with Gasteiger partial charge in [-0.05, 0) is 73.0 Å². The number of ether oxygens (including phenoxy) is 1. The van der Waals surface area contributed by atoms with Crippen molar-refractivity contribution in [3.8, 4) is 5.75 Å². The second kappa shape index (κ2) is 15.7. The summed E-state index contributed by atoms with van der Waals surface area (Å²) in [5.74, 6) is -0.272. The molecule has 4 aromatic carbocycles. The van der Waals surface area contributed by atoms with E-state index in [0.29, 0.717) is 18.0 Å². The highest BCUT2D eigenvalue weighted by Gasteiger charge is 2.34. The summed E-state index contributed by atoms with van der Waals surface area (Å²) in [6.45, 7) is 3.86. The molecule has 0 aromatic heterocycles. The maximum atomic E-state index is 14.5. The van der Waals surface area contributed by atoms with E-state index in [2.05, 4.69) is 21.2 Å². The molecule has 0 spiro atoms. The number of aryl methyl sites for hydroxylation is 1. The van der Waals surface area contributed by atoms with Crippen molar-refractivity contribution in [3.05, 3.63) is 124 Å². The van der Waals surface area contributed by atoms with Gasteiger partial charge in [0, 0.05) is 24.0 Å². The van der Waals surface area contributed by atoms with Gasteiger partial charge in [-0.3, -0.25) is 13.9 Å². The van der Waals surface area contributed by atoms with Gasteiger partial charge >= 0.3 is 0 Å². The van der Waals surface area contributed by atoms with Crippen LogP contribution in [0.5, 0.6) is 5.75 Å². The van der Waals surface area contributed by atoms with Crippen LogP contribution in [0.3, 0.4) is 0 Å². The molecule has 0 radical (unpaired) electrons. The van der Waals surface area contributed by atoms with Gasteiger partial charge in [0.2, 0.25) is 11.8 Å². The number of hydrogen-bond acceptors (Lipinski definition) is 5. The van der Waals surface area contributed by atoms with E-state index in [1.165, 1.54) is 24.1 Å². The molecule has 10 heteroatoms. The lowest BCUT2D eigenvalue weighted by Gasteiger charge is -2.34. The molecule has 0 bridgehead atoms. The van der Waals surface area contributed by atoms with Gasteiger partial charge in [0.1, 0.15) is 18.3 Å². The van der Waals surface area contributed by atoms with Gasteiger partial charge in [0.05, 0.1) is 17.7 Å². The van der Waals surface area contributed by atoms with Crippen molar-refractivity contribution < 1.29 is 22.7 Å². The van der Waals surface area contributed by atoms with Crippen molar-refractivity contribution >= 4 is 43.5 Å². The highest BCUT2D eigenvalue weighted by atomic mass is 79.9. The second-order valence-corrected chi connectivity index (χ2v) is 13.4. The number of hydrogen-bond donors (Lipinski definition) is 1. The average molecular weight is 693 g/mol. The number of carbonyl (C=O) groups excluding carboxylic acids is 2. The quantitative estimate of drug-likeness (QED) is 0.172. The lowest BCUT2D eigenvalue weighted by atomic mass is 10.0. The van der Waals surface area contributed by atoms with Crippen LogP contribution in [0.1, 0.15) is 30.0 Å². The number of nitrogens with one attached hydrogen (secondary N) is 1. The van der Waals surface area contributed by atoms with Gasteiger partial charge in [0.25, 0.3) is 10.0 Å². The Kier molecular flexibility index (Phi) is 11.8. The van der Waals surface area contributed by atoms with E-state index in [0.717, 1.165) is 31.9 Å². The SMILES string of the molecule is CCCNC(=O)[C@@H](Cc1ccccc1)N(Cc1ccc(Br)cc1)C(=O)CN(c1ccc(OC)cc1)S(=O)(=O)c1ccc(C)cc1. The van der Waals surface area contributed by atoms with Crippen LogP contribution in [0, 0.1) is 6.92 Å². The maximum absolute atomic E-state index is 14.5. The van der Waals surface area contributed by atoms with Gasteiger partial charge in [-0.1, -0.05) is 83.0 Å². The second-order valence-electron chi connectivity index (χ2n) is 10.7. The minimum atomic E-state index is -4.18. The Labute approximate surface area is 274 Å². The zero-order valence-corrected chi connectivity index (χ0v) is 28.1. The van der Waals surface area contributed by atoms with Crippen LogP contribution in [-0.4, -0.2) is 51.4 Å². The molecule has 236 valence electrons. The third kappa shape index (κ3) is 8.95. The third-order valence-corrected chi connectivity index (χ3v) is 9.65. The summed E-state index contributed by atoms with van der Waals surface area (Å²) in [5.41, 5.74) is 2.87. The topological polar surface area (TPSA) is 96.0 Å². The van der Waals surface area contributed by atoms with E-state index in [4.69, 9.17) is 4.74 Å². The standard InChI is InChI=1S/C35H38BrN3O5S/c1-4-22-37-35(41)33(23-27-8-6-5-7-9-27)38(24-28-12-14-29(36)15-13-28)34(40)25-39(30-16-18-31(44-3)19-17-30)45(42,43)32-20-10-26(2)11-21-32/h5-21,33H,4,22-25H2,1-3H3,(H,37,41)/t33-/m1/s1. The Morgan fingerprint density at radius 2 is 1.51 bits per heavy atom. The van der Waals surface area contributed by atoms with Crippen LogP contribution in [-0.2, 0) is 32.6 Å². The molecule has 0 aliphatic heterocycles. The van der Waals surface area contributed by atoms with Gasteiger partial charge in [-0.25, -0.2) is 8.42 Å². The molecule has 0 unspecified atom stereocenters. The molecule has 0 fully saturated rings. The molecule has 1 N–H and O–H groups in total. The van der Waals surface area contributed by atoms with Crippen LogP contribution < -0.4 is 14.4 Å². The fourth-order valence-corrected chi connectivity index (χ4v) is 6.50. The normalized spacial score (nSPS) is 11.8. The first-order valence-corrected chi connectivity index (χ1v) is 16.9. The lowest BCUT2D eigenvalue weighted by Crippen LogP contribution is -2.53. The largest absolute Gasteiger partial charge is 0.497 e. The van der Waals surface area contributed by atoms with Crippen LogP contribution in [0.4, 0.5) is 5.69 Å². The fraction of sp³-hybridized carbons (Fsp3) is 0.257. The van der Waals surface area contributed by atoms with E-state index in [1.807, 2.05) is 68.4 Å². The molecule has 0 aliphatic carbocycles. The van der Waals surface area contributed by atoms with E-state index < -0.39 is 28.5 Å². The molecule has 45 heavy (non-hydrogen) atoms. The Morgan fingerprint density at radius 3 is 2.11 bits per heavy atom. The number of amides is 2. The molecule has 1 atom stereocenters. The Balaban J connectivity index is 1.79. The summed E-state index contributed by atoms with van der Waals surface area (Å²) >= 11 is 3.46. The Hall–Kier alpha value is -4.15. The van der Waals surface area contributed by atoms with E-state index >= 15 is 0 Å². The first-order chi connectivity index (χ1) is 21.6. The molecule has 0 aliphatic rings. The maximum Gasteiger partial charge on any atom is 0.264 e. The Bertz CT molecular complexity index is 1660. The zero-order chi connectivity index (χ0) is 32.4. The van der Waals surface area contributed by atoms with Crippen LogP contribution >= 0.6 is 15.9 Å². The molecule has 0 saturated carbocycles. The Morgan fingerprint density at radius 1 is 0.867 bits per heavy atom. The van der Waals surface area contributed by atoms with E-state index in [-0.39, 0.29) is 23.8 Å². The summed E-state index contributed by atoms with van der Waals surface area (Å²) in [6, 6.07) is 29.1. The predicted octanol–water partition coefficient (Wildman–Crippen LogP) is 6.13. The molecular weight excluding hydrogens is 654 g/mol. The lowest BCUT2D eigenvalue weighted by molar-refractivity contribution is -0.140. The van der Waals surface area contributed by atoms with Gasteiger partial charge in [-0.15, -0.1) is 0 Å². The van der Waals surface area contributed by atoms with Crippen molar-refractivity contribution in [3.63, 3.8) is 0 Å². The minimum Gasteiger partial charge on any atom is -0.497 e. The first-order valence-electron chi connectivity index (χ1n) is 14.7. The molecule has 8 nitrogen and oxygen atoms in total. The zero-order valence-electron chi connectivity index (χ0n) is 25.6. The smallest absolute Gasteiger partial charge is 0.264 e. The monoisotopic (exact) mass is 691 g/mol. The molecular formula is C35H38BrN3O5S. The summed E-state index contributed by atoms with van der Waals surface area (Å²) < 4.78 is 35.5. The molecule has 0 heterocycles. The molecule has 2 amide bonds. The highest BCUT2D eigenvalue weighted by molar-refractivity contribution is 9.10. The van der Waals surface area contributed by atoms with E-state index in [9.17, 15) is 18.0 Å². The first kappa shape index (κ1) is 33.7. The highest BCUT2D eigenvalue weighted by Crippen LogP contribution is 2.27. The fourth-order valence-electron chi connectivity index (χ4n) is 4.82. The number of halogens is 1. The molecule has 4 aromatic rings. The number of anilines is 1. The summed E-state index contributed by atoms with van der Waals surface area (Å²) in [6.07, 6.45) is 0.983. The van der Waals surface area contributed by atoms with Crippen molar-refractivity contribution in [2.45, 2.75) is 44.2 Å². The van der Waals surface area contributed by atoms with Crippen molar-refractivity contribution in [2.75, 3.05) is 24.5 Å². The number of rotatable bonds is 14. The van der Waals surface area contributed by atoms with Crippen molar-refractivity contribution in [2.24, 2.45) is 0 Å². The summed E-state index contributed by atoms with van der Waals surface area (Å²) in [4.78, 5) is 29.7. The predicted molar refractivity (Wildman–Crippen MR) is 181 cm³/mol. The van der Waals surface area contributed by atoms with Crippen molar-refractivity contribution in [1.82, 2.24) is 10.2 Å². The number of sulfonamides is 1. The minimum absolute atomic E-state index is 0.0534.